The summed E-state index contributed by atoms with van der Waals surface area (Å²) < 4.78 is 44.7. The minimum atomic E-state index is -4.86. The Hall–Kier alpha value is -4.12. The Bertz CT molecular complexity index is 1230. The highest BCUT2D eigenvalue weighted by atomic mass is 19.4. The van der Waals surface area contributed by atoms with Gasteiger partial charge in [0.25, 0.3) is 5.56 Å². The second kappa shape index (κ2) is 12.0. The van der Waals surface area contributed by atoms with Gasteiger partial charge in [-0.25, -0.2) is 4.79 Å². The van der Waals surface area contributed by atoms with E-state index in [0.717, 1.165) is 15.7 Å². The summed E-state index contributed by atoms with van der Waals surface area (Å²) in [5, 5.41) is 13.0. The lowest BCUT2D eigenvalue weighted by molar-refractivity contribution is -0.168. The molecule has 2 aromatic carbocycles. The van der Waals surface area contributed by atoms with Gasteiger partial charge in [0.2, 0.25) is 5.91 Å². The molecule has 1 aromatic heterocycles. The van der Waals surface area contributed by atoms with Gasteiger partial charge >= 0.3 is 12.3 Å². The Balaban J connectivity index is 1.82. The van der Waals surface area contributed by atoms with Crippen molar-refractivity contribution < 1.29 is 32.6 Å². The molecule has 0 saturated carbocycles. The maximum absolute atomic E-state index is 12.9. The summed E-state index contributed by atoms with van der Waals surface area (Å²) in [5.41, 5.74) is 1.08. The third kappa shape index (κ3) is 7.70. The molecular formula is C25H24F3N3O5. The van der Waals surface area contributed by atoms with Crippen LogP contribution in [-0.4, -0.2) is 40.5 Å². The number of aromatic nitrogens is 1. The zero-order valence-electron chi connectivity index (χ0n) is 19.0. The first-order chi connectivity index (χ1) is 17.2. The van der Waals surface area contributed by atoms with Gasteiger partial charge in [0.1, 0.15) is 24.9 Å². The molecule has 0 fully saturated rings. The van der Waals surface area contributed by atoms with Gasteiger partial charge in [-0.1, -0.05) is 60.7 Å². The van der Waals surface area contributed by atoms with E-state index in [1.165, 1.54) is 12.3 Å². The van der Waals surface area contributed by atoms with E-state index >= 15 is 0 Å². The Morgan fingerprint density at radius 2 is 1.58 bits per heavy atom. The second-order valence-corrected chi connectivity index (χ2v) is 7.89. The van der Waals surface area contributed by atoms with E-state index in [-0.39, 0.29) is 12.3 Å². The maximum Gasteiger partial charge on any atom is 0.412 e. The number of benzene rings is 2. The standard InChI is InChI=1S/C25H24F3N3O5/c26-25(27,28)21(15-32)30-22(33)14-31-13-19(11-17-7-3-1-4-8-17)12-20(23(31)34)29-24(35)36-16-18-9-5-2-6-10-18/h1-10,12-13,21,32H,11,14-16H2,(H,29,35)(H,30,33). The highest BCUT2D eigenvalue weighted by molar-refractivity contribution is 5.84. The number of hydrogen-bond donors (Lipinski definition) is 3. The summed E-state index contributed by atoms with van der Waals surface area (Å²) in [6.07, 6.45) is -4.13. The lowest BCUT2D eigenvalue weighted by atomic mass is 10.1. The van der Waals surface area contributed by atoms with Crippen molar-refractivity contribution in [2.24, 2.45) is 0 Å². The third-order valence-electron chi connectivity index (χ3n) is 5.07. The number of anilines is 1. The summed E-state index contributed by atoms with van der Waals surface area (Å²) in [6, 6.07) is 16.9. The highest BCUT2D eigenvalue weighted by Gasteiger charge is 2.40. The first-order valence-electron chi connectivity index (χ1n) is 10.9. The van der Waals surface area contributed by atoms with Crippen molar-refractivity contribution in [3.05, 3.63) is 100.0 Å². The van der Waals surface area contributed by atoms with Crippen molar-refractivity contribution in [2.75, 3.05) is 11.9 Å². The van der Waals surface area contributed by atoms with Crippen molar-refractivity contribution in [2.45, 2.75) is 31.8 Å². The minimum absolute atomic E-state index is 0.0486. The molecular weight excluding hydrogens is 479 g/mol. The number of hydrogen-bond acceptors (Lipinski definition) is 5. The van der Waals surface area contributed by atoms with Gasteiger partial charge in [0.05, 0.1) is 6.61 Å². The number of rotatable bonds is 9. The van der Waals surface area contributed by atoms with E-state index in [4.69, 9.17) is 9.84 Å². The number of halogens is 3. The van der Waals surface area contributed by atoms with Crippen LogP contribution in [0.2, 0.25) is 0 Å². The number of amides is 2. The van der Waals surface area contributed by atoms with Gasteiger partial charge in [0.15, 0.2) is 0 Å². The molecule has 0 aliphatic carbocycles. The molecule has 0 saturated heterocycles. The van der Waals surface area contributed by atoms with Crippen molar-refractivity contribution in [1.29, 1.82) is 0 Å². The van der Waals surface area contributed by atoms with Crippen LogP contribution in [0.25, 0.3) is 0 Å². The average molecular weight is 503 g/mol. The summed E-state index contributed by atoms with van der Waals surface area (Å²) in [4.78, 5) is 37.5. The minimum Gasteiger partial charge on any atom is -0.444 e. The Morgan fingerprint density at radius 3 is 2.17 bits per heavy atom. The summed E-state index contributed by atoms with van der Waals surface area (Å²) in [7, 11) is 0. The number of carbonyl (C=O) groups excluding carboxylic acids is 2. The number of aliphatic hydroxyl groups excluding tert-OH is 1. The highest BCUT2D eigenvalue weighted by Crippen LogP contribution is 2.19. The lowest BCUT2D eigenvalue weighted by Gasteiger charge is -2.20. The van der Waals surface area contributed by atoms with Crippen molar-refractivity contribution in [3.8, 4) is 0 Å². The van der Waals surface area contributed by atoms with Crippen LogP contribution in [0.4, 0.5) is 23.7 Å². The molecule has 1 heterocycles. The number of aliphatic hydroxyl groups is 1. The molecule has 190 valence electrons. The topological polar surface area (TPSA) is 110 Å². The number of alkyl halides is 3. The van der Waals surface area contributed by atoms with E-state index in [9.17, 15) is 27.6 Å². The second-order valence-electron chi connectivity index (χ2n) is 7.89. The van der Waals surface area contributed by atoms with Crippen LogP contribution < -0.4 is 16.2 Å². The molecule has 0 radical (unpaired) electrons. The molecule has 3 aromatic rings. The van der Waals surface area contributed by atoms with E-state index in [1.54, 1.807) is 35.6 Å². The molecule has 0 bridgehead atoms. The molecule has 0 aliphatic rings. The fourth-order valence-electron chi connectivity index (χ4n) is 3.33. The number of pyridine rings is 1. The molecule has 1 unspecified atom stereocenters. The molecule has 3 rings (SSSR count). The first-order valence-corrected chi connectivity index (χ1v) is 10.9. The van der Waals surface area contributed by atoms with Crippen LogP contribution in [-0.2, 0) is 29.1 Å². The van der Waals surface area contributed by atoms with Crippen molar-refractivity contribution >= 4 is 17.7 Å². The quantitative estimate of drug-likeness (QED) is 0.416. The molecule has 0 aliphatic heterocycles. The summed E-state index contributed by atoms with van der Waals surface area (Å²) >= 11 is 0. The van der Waals surface area contributed by atoms with Crippen molar-refractivity contribution in [1.82, 2.24) is 9.88 Å². The van der Waals surface area contributed by atoms with Gasteiger partial charge < -0.3 is 19.7 Å². The van der Waals surface area contributed by atoms with Crippen LogP contribution >= 0.6 is 0 Å². The number of nitrogens with zero attached hydrogens (tertiary/aromatic N) is 1. The molecule has 11 heteroatoms. The van der Waals surface area contributed by atoms with Crippen LogP contribution in [0.1, 0.15) is 16.7 Å². The summed E-state index contributed by atoms with van der Waals surface area (Å²) in [6.45, 7) is -2.16. The Morgan fingerprint density at radius 1 is 0.972 bits per heavy atom. The van der Waals surface area contributed by atoms with Gasteiger partial charge in [-0.2, -0.15) is 13.2 Å². The van der Waals surface area contributed by atoms with Gasteiger partial charge in [-0.3, -0.25) is 14.9 Å². The monoisotopic (exact) mass is 503 g/mol. The van der Waals surface area contributed by atoms with Crippen molar-refractivity contribution in [3.63, 3.8) is 0 Å². The number of ether oxygens (including phenoxy) is 1. The zero-order chi connectivity index (χ0) is 26.1. The maximum atomic E-state index is 12.9. The third-order valence-corrected chi connectivity index (χ3v) is 5.07. The Kier molecular flexibility index (Phi) is 8.85. The smallest absolute Gasteiger partial charge is 0.412 e. The van der Waals surface area contributed by atoms with Crippen LogP contribution in [0.15, 0.2) is 77.7 Å². The molecule has 8 nitrogen and oxygen atoms in total. The van der Waals surface area contributed by atoms with E-state index < -0.39 is 42.9 Å². The molecule has 2 amide bonds. The van der Waals surface area contributed by atoms with Gasteiger partial charge in [-0.15, -0.1) is 0 Å². The predicted molar refractivity (Wildman–Crippen MR) is 125 cm³/mol. The first kappa shape index (κ1) is 26.5. The largest absolute Gasteiger partial charge is 0.444 e. The molecule has 1 atom stereocenters. The SMILES string of the molecule is O=C(Cn1cc(Cc2ccccc2)cc(NC(=O)OCc2ccccc2)c1=O)NC(CO)C(F)(F)F. The van der Waals surface area contributed by atoms with Crippen LogP contribution in [0, 0.1) is 0 Å². The van der Waals surface area contributed by atoms with E-state index in [0.29, 0.717) is 12.0 Å². The number of carbonyl (C=O) groups is 2. The van der Waals surface area contributed by atoms with Gasteiger partial charge in [-0.05, 0) is 29.2 Å². The molecule has 3 N–H and O–H groups in total. The predicted octanol–water partition coefficient (Wildman–Crippen LogP) is 3.23. The summed E-state index contributed by atoms with van der Waals surface area (Å²) in [5.74, 6) is -1.14. The fourth-order valence-corrected chi connectivity index (χ4v) is 3.33. The van der Waals surface area contributed by atoms with E-state index in [1.807, 2.05) is 30.3 Å². The normalized spacial score (nSPS) is 12.0. The molecule has 36 heavy (non-hydrogen) atoms. The van der Waals surface area contributed by atoms with Crippen LogP contribution in [0.3, 0.4) is 0 Å². The van der Waals surface area contributed by atoms with Gasteiger partial charge in [0, 0.05) is 6.20 Å². The fraction of sp³-hybridized carbons (Fsp3) is 0.240. The zero-order valence-corrected chi connectivity index (χ0v) is 19.0. The van der Waals surface area contributed by atoms with Crippen LogP contribution in [0.5, 0.6) is 0 Å². The average Bonchev–Trinajstić information content (AvgIpc) is 2.84. The lowest BCUT2D eigenvalue weighted by Crippen LogP contribution is -2.49. The number of nitrogens with one attached hydrogen (secondary N) is 2. The van der Waals surface area contributed by atoms with E-state index in [2.05, 4.69) is 5.32 Å². The molecule has 0 spiro atoms. The Labute approximate surface area is 204 Å².